The van der Waals surface area contributed by atoms with Crippen LogP contribution < -0.4 is 4.90 Å². The van der Waals surface area contributed by atoms with Gasteiger partial charge in [0.1, 0.15) is 11.2 Å². The molecule has 0 amide bonds. The monoisotopic (exact) mass is 893 g/mol. The minimum absolute atomic E-state index is 0.0233. The summed E-state index contributed by atoms with van der Waals surface area (Å²) in [5, 5.41) is 2.25. The summed E-state index contributed by atoms with van der Waals surface area (Å²) in [5.74, 6) is 0.534. The molecule has 1 saturated carbocycles. The molecular weight excluding hydrogens is 835 g/mol. The van der Waals surface area contributed by atoms with Crippen molar-refractivity contribution in [1.29, 1.82) is 0 Å². The molecule has 2 nitrogen and oxygen atoms in total. The first-order valence-electron chi connectivity index (χ1n) is 25.1. The second-order valence-electron chi connectivity index (χ2n) is 21.1. The molecule has 0 bridgehead atoms. The molecule has 0 spiro atoms. The topological polar surface area (TPSA) is 16.4 Å². The quantitative estimate of drug-likeness (QED) is 0.151. The molecular formula is C67H59NO. The average Bonchev–Trinajstić information content (AvgIpc) is 3.89. The highest BCUT2D eigenvalue weighted by atomic mass is 16.3. The number of nitrogens with zero attached hydrogens (tertiary/aromatic N) is 1. The standard InChI is InChI=1S/C67H59NO/c1-66(2,3)49-37-39-54-58(42-49)67(4,5)57-32-20-34-60(65(54)57)68(50-38-40-51(45-23-11-7-12-24-45)56(43-50)46-25-13-8-14-26-46)59-33-18-30-52(53-31-19-36-62-64(53)55-29-15-16-35-61(55)69-62)63(59)48-28-17-27-47(41-48)44-21-9-6-10-22-44/h6,8-10,13-22,25-43,45H,7,11-12,23-24H2,1-5H3. The summed E-state index contributed by atoms with van der Waals surface area (Å²) in [7, 11) is 0. The Morgan fingerprint density at radius 3 is 1.88 bits per heavy atom. The van der Waals surface area contributed by atoms with Crippen LogP contribution >= 0.6 is 0 Å². The van der Waals surface area contributed by atoms with Gasteiger partial charge in [-0.2, -0.15) is 0 Å². The van der Waals surface area contributed by atoms with E-state index >= 15 is 0 Å². The molecule has 0 N–H and O–H groups in total. The first-order valence-corrected chi connectivity index (χ1v) is 25.1. The summed E-state index contributed by atoms with van der Waals surface area (Å²) in [5.41, 5.74) is 22.8. The van der Waals surface area contributed by atoms with Gasteiger partial charge < -0.3 is 9.32 Å². The van der Waals surface area contributed by atoms with Gasteiger partial charge in [0.25, 0.3) is 0 Å². The largest absolute Gasteiger partial charge is 0.456 e. The molecule has 69 heavy (non-hydrogen) atoms. The van der Waals surface area contributed by atoms with E-state index in [9.17, 15) is 0 Å². The van der Waals surface area contributed by atoms with Crippen molar-refractivity contribution in [3.63, 3.8) is 0 Å². The Kier molecular flexibility index (Phi) is 10.5. The molecule has 1 heterocycles. The highest BCUT2D eigenvalue weighted by Crippen LogP contribution is 2.57. The van der Waals surface area contributed by atoms with E-state index in [0.29, 0.717) is 5.92 Å². The van der Waals surface area contributed by atoms with Crippen LogP contribution in [0.25, 0.3) is 77.6 Å². The fourth-order valence-corrected chi connectivity index (χ4v) is 11.9. The maximum absolute atomic E-state index is 6.59. The van der Waals surface area contributed by atoms with Crippen molar-refractivity contribution in [2.75, 3.05) is 4.90 Å². The fourth-order valence-electron chi connectivity index (χ4n) is 11.9. The molecule has 0 aliphatic heterocycles. The van der Waals surface area contributed by atoms with Crippen molar-refractivity contribution in [1.82, 2.24) is 0 Å². The molecule has 0 atom stereocenters. The van der Waals surface area contributed by atoms with Crippen LogP contribution in [-0.4, -0.2) is 0 Å². The van der Waals surface area contributed by atoms with Crippen molar-refractivity contribution in [2.45, 2.75) is 83.5 Å². The smallest absolute Gasteiger partial charge is 0.136 e. The third-order valence-electron chi connectivity index (χ3n) is 15.4. The third kappa shape index (κ3) is 7.40. The highest BCUT2D eigenvalue weighted by molar-refractivity contribution is 6.15. The Morgan fingerprint density at radius 2 is 1.10 bits per heavy atom. The summed E-state index contributed by atoms with van der Waals surface area (Å²) in [4.78, 5) is 2.61. The Hall–Kier alpha value is -7.42. The van der Waals surface area contributed by atoms with Gasteiger partial charge >= 0.3 is 0 Å². The zero-order chi connectivity index (χ0) is 46.9. The van der Waals surface area contributed by atoms with Crippen molar-refractivity contribution in [2.24, 2.45) is 0 Å². The lowest BCUT2D eigenvalue weighted by Gasteiger charge is -2.33. The first-order chi connectivity index (χ1) is 33.6. The Morgan fingerprint density at radius 1 is 0.464 bits per heavy atom. The number of hydrogen-bond acceptors (Lipinski definition) is 2. The van der Waals surface area contributed by atoms with Crippen LogP contribution in [0.2, 0.25) is 0 Å². The van der Waals surface area contributed by atoms with Crippen LogP contribution in [0, 0.1) is 0 Å². The van der Waals surface area contributed by atoms with Gasteiger partial charge in [0.2, 0.25) is 0 Å². The van der Waals surface area contributed by atoms with Crippen LogP contribution in [0.4, 0.5) is 17.1 Å². The lowest BCUT2D eigenvalue weighted by atomic mass is 9.79. The number of benzene rings is 9. The van der Waals surface area contributed by atoms with Gasteiger partial charge in [-0.1, -0.05) is 212 Å². The van der Waals surface area contributed by atoms with Crippen LogP contribution in [-0.2, 0) is 10.8 Å². The Labute approximate surface area is 407 Å². The summed E-state index contributed by atoms with van der Waals surface area (Å²) < 4.78 is 6.59. The van der Waals surface area contributed by atoms with Gasteiger partial charge in [-0.3, -0.25) is 0 Å². The Balaban J connectivity index is 1.19. The van der Waals surface area contributed by atoms with Crippen LogP contribution in [0.15, 0.2) is 205 Å². The summed E-state index contributed by atoms with van der Waals surface area (Å²) in [6.45, 7) is 11.8. The van der Waals surface area contributed by atoms with Crippen molar-refractivity contribution >= 4 is 39.0 Å². The molecule has 2 aliphatic carbocycles. The molecule has 1 aromatic heterocycles. The lowest BCUT2D eigenvalue weighted by Crippen LogP contribution is -2.18. The molecule has 2 heteroatoms. The van der Waals surface area contributed by atoms with Crippen molar-refractivity contribution in [3.8, 4) is 55.6 Å². The van der Waals surface area contributed by atoms with E-state index in [4.69, 9.17) is 4.42 Å². The second kappa shape index (κ2) is 17.0. The first kappa shape index (κ1) is 42.9. The predicted molar refractivity (Wildman–Crippen MR) is 292 cm³/mol. The molecule has 338 valence electrons. The van der Waals surface area contributed by atoms with Gasteiger partial charge in [-0.05, 0) is 133 Å². The number of fused-ring (bicyclic) bond motifs is 6. The zero-order valence-corrected chi connectivity index (χ0v) is 40.5. The van der Waals surface area contributed by atoms with E-state index in [1.54, 1.807) is 0 Å². The SMILES string of the molecule is CC(C)(C)c1ccc2c(c1)C(C)(C)c1cccc(N(c3ccc(C4CCCCC4)c(-c4ccccc4)c3)c3cccc(-c4cccc5oc6ccccc6c45)c3-c3cccc(-c4ccccc4)c3)c1-2. The predicted octanol–water partition coefficient (Wildman–Crippen LogP) is 19.4. The third-order valence-corrected chi connectivity index (χ3v) is 15.4. The molecule has 0 unspecified atom stereocenters. The van der Waals surface area contributed by atoms with Crippen LogP contribution in [0.3, 0.4) is 0 Å². The van der Waals surface area contributed by atoms with Crippen molar-refractivity contribution < 1.29 is 4.42 Å². The average molecular weight is 894 g/mol. The van der Waals surface area contributed by atoms with E-state index in [0.717, 1.165) is 50.0 Å². The van der Waals surface area contributed by atoms with Gasteiger partial charge in [0.05, 0.1) is 11.4 Å². The van der Waals surface area contributed by atoms with Gasteiger partial charge in [0, 0.05) is 33.0 Å². The molecule has 9 aromatic carbocycles. The van der Waals surface area contributed by atoms with E-state index in [1.807, 2.05) is 0 Å². The van der Waals surface area contributed by atoms with Gasteiger partial charge in [0.15, 0.2) is 0 Å². The minimum atomic E-state index is -0.208. The van der Waals surface area contributed by atoms with E-state index in [2.05, 4.69) is 240 Å². The lowest BCUT2D eigenvalue weighted by molar-refractivity contribution is 0.444. The number of hydrogen-bond donors (Lipinski definition) is 0. The van der Waals surface area contributed by atoms with E-state index in [-0.39, 0.29) is 10.8 Å². The number of rotatable bonds is 8. The molecule has 0 saturated heterocycles. The maximum Gasteiger partial charge on any atom is 0.136 e. The minimum Gasteiger partial charge on any atom is -0.456 e. The van der Waals surface area contributed by atoms with E-state index in [1.165, 1.54) is 99.0 Å². The molecule has 10 aromatic rings. The van der Waals surface area contributed by atoms with Crippen molar-refractivity contribution in [3.05, 3.63) is 222 Å². The fraction of sp³-hybridized carbons (Fsp3) is 0.194. The summed E-state index contributed by atoms with van der Waals surface area (Å²) in [6, 6.07) is 74.9. The molecule has 0 radical (unpaired) electrons. The summed E-state index contributed by atoms with van der Waals surface area (Å²) >= 11 is 0. The summed E-state index contributed by atoms with van der Waals surface area (Å²) in [6.07, 6.45) is 6.35. The highest BCUT2D eigenvalue weighted by Gasteiger charge is 2.39. The normalized spacial score (nSPS) is 14.5. The Bertz CT molecular complexity index is 3540. The zero-order valence-electron chi connectivity index (χ0n) is 40.5. The number of para-hydroxylation sites is 1. The molecule has 1 fully saturated rings. The maximum atomic E-state index is 6.59. The van der Waals surface area contributed by atoms with Crippen LogP contribution in [0.1, 0.15) is 94.9 Å². The van der Waals surface area contributed by atoms with E-state index < -0.39 is 0 Å². The number of anilines is 3. The second-order valence-corrected chi connectivity index (χ2v) is 21.1. The van der Waals surface area contributed by atoms with Gasteiger partial charge in [-0.25, -0.2) is 0 Å². The van der Waals surface area contributed by atoms with Gasteiger partial charge in [-0.15, -0.1) is 0 Å². The van der Waals surface area contributed by atoms with Crippen LogP contribution in [0.5, 0.6) is 0 Å². The number of furan rings is 1. The molecule has 12 rings (SSSR count). The molecule has 2 aliphatic rings.